The fraction of sp³-hybridized carbons (Fsp3) is 0.810. The SMILES string of the molecule is CCC.CCCCCCCCCCCCCc1cc(-c2cc(CCCCCCCCCCCC)[c]([Sn]([CH3])([CH3])[CH3])s2)s[c]1[Sn]([CH3])([CH3])[CH3]. The van der Waals surface area contributed by atoms with Crippen molar-refractivity contribution in [1.29, 1.82) is 0 Å². The minimum atomic E-state index is -2.15. The molecule has 0 aliphatic rings. The molecule has 46 heavy (non-hydrogen) atoms. The molecule has 0 saturated heterocycles. The van der Waals surface area contributed by atoms with Crippen LogP contribution in [0.4, 0.5) is 0 Å². The van der Waals surface area contributed by atoms with Crippen molar-refractivity contribution in [2.24, 2.45) is 0 Å². The van der Waals surface area contributed by atoms with Crippen LogP contribution in [-0.4, -0.2) is 36.8 Å². The van der Waals surface area contributed by atoms with Gasteiger partial charge in [-0.3, -0.25) is 0 Å². The Morgan fingerprint density at radius 1 is 0.391 bits per heavy atom. The third-order valence-electron chi connectivity index (χ3n) is 9.07. The summed E-state index contributed by atoms with van der Waals surface area (Å²) in [7, 11) is 0. The zero-order valence-corrected chi connectivity index (χ0v) is 40.3. The summed E-state index contributed by atoms with van der Waals surface area (Å²) in [6, 6.07) is 5.33. The van der Waals surface area contributed by atoms with Crippen molar-refractivity contribution in [2.75, 3.05) is 0 Å². The molecule has 2 aromatic rings. The van der Waals surface area contributed by atoms with Crippen molar-refractivity contribution in [3.8, 4) is 9.75 Å². The number of aryl methyl sites for hydroxylation is 2. The van der Waals surface area contributed by atoms with E-state index in [2.05, 4.69) is 92.1 Å². The molecule has 268 valence electrons. The van der Waals surface area contributed by atoms with Crippen molar-refractivity contribution in [2.45, 2.75) is 211 Å². The Kier molecular flexibility index (Phi) is 26.2. The van der Waals surface area contributed by atoms with E-state index in [4.69, 9.17) is 0 Å². The average Bonchev–Trinajstić information content (AvgIpc) is 3.62. The minimum absolute atomic E-state index is 1.25. The van der Waals surface area contributed by atoms with Crippen molar-refractivity contribution < 1.29 is 0 Å². The second kappa shape index (κ2) is 26.8. The third kappa shape index (κ3) is 20.0. The molecule has 0 spiro atoms. The fourth-order valence-corrected chi connectivity index (χ4v) is 22.9. The second-order valence-electron chi connectivity index (χ2n) is 16.4. The molecule has 0 atom stereocenters. The first-order valence-electron chi connectivity index (χ1n) is 20.3. The van der Waals surface area contributed by atoms with Gasteiger partial charge >= 0.3 is 256 Å². The molecular weight excluding hydrogens is 806 g/mol. The summed E-state index contributed by atoms with van der Waals surface area (Å²) in [5.41, 5.74) is 3.48. The molecule has 0 nitrogen and oxygen atoms in total. The number of hydrogen-bond donors (Lipinski definition) is 0. The number of thiophene rings is 2. The van der Waals surface area contributed by atoms with Crippen LogP contribution in [0.25, 0.3) is 9.75 Å². The second-order valence-corrected chi connectivity index (χ2v) is 49.1. The van der Waals surface area contributed by atoms with Crippen LogP contribution >= 0.6 is 22.7 Å². The van der Waals surface area contributed by atoms with Gasteiger partial charge < -0.3 is 0 Å². The molecule has 0 bridgehead atoms. The molecule has 0 aromatic carbocycles. The zero-order chi connectivity index (χ0) is 34.3. The van der Waals surface area contributed by atoms with Gasteiger partial charge in [-0.1, -0.05) is 53.4 Å². The average molecular weight is 887 g/mol. The van der Waals surface area contributed by atoms with Gasteiger partial charge in [-0.25, -0.2) is 0 Å². The maximum atomic E-state index is 2.66. The quantitative estimate of drug-likeness (QED) is 0.0652. The molecule has 2 heterocycles. The molecule has 2 aromatic heterocycles. The number of unbranched alkanes of at least 4 members (excludes halogenated alkanes) is 19. The topological polar surface area (TPSA) is 0 Å². The number of rotatable bonds is 26. The molecule has 0 aliphatic heterocycles. The van der Waals surface area contributed by atoms with Crippen LogP contribution in [0.2, 0.25) is 29.6 Å². The third-order valence-corrected chi connectivity index (χ3v) is 30.8. The van der Waals surface area contributed by atoms with E-state index in [1.165, 1.54) is 154 Å². The standard InChI is InChI=1S/C33H54S2.C3H8.6CH3.2Sn/c1-3-5-7-9-11-13-15-17-19-21-23-25-31-27-33(35-29-31)32-26-30(28-34-32)24-22-20-18-16-14-12-10-8-6-4-2;1-3-2;;;;;;;;/h26-27H,3-25H2,1-2H3;3H2,1-2H3;6*1H3;;. The molecule has 0 radical (unpaired) electrons. The summed E-state index contributed by atoms with van der Waals surface area (Å²) < 4.78 is 3.70. The van der Waals surface area contributed by atoms with Crippen molar-refractivity contribution >= 4 is 65.2 Å². The first-order chi connectivity index (χ1) is 22.0. The van der Waals surface area contributed by atoms with Crippen LogP contribution < -0.4 is 5.79 Å². The van der Waals surface area contributed by atoms with E-state index < -0.39 is 36.8 Å². The van der Waals surface area contributed by atoms with E-state index in [9.17, 15) is 0 Å². The van der Waals surface area contributed by atoms with E-state index in [-0.39, 0.29) is 0 Å². The van der Waals surface area contributed by atoms with Gasteiger partial charge in [0.05, 0.1) is 0 Å². The summed E-state index contributed by atoms with van der Waals surface area (Å²) in [5.74, 6) is 0. The maximum absolute atomic E-state index is 2.66. The van der Waals surface area contributed by atoms with Crippen molar-refractivity contribution in [1.82, 2.24) is 0 Å². The molecule has 0 N–H and O–H groups in total. The molecule has 0 saturated carbocycles. The van der Waals surface area contributed by atoms with Crippen LogP contribution in [-0.2, 0) is 12.8 Å². The van der Waals surface area contributed by atoms with Crippen LogP contribution in [0.15, 0.2) is 12.1 Å². The Bertz CT molecular complexity index is 988. The summed E-state index contributed by atoms with van der Waals surface area (Å²) in [6.45, 7) is 8.88. The van der Waals surface area contributed by atoms with Crippen LogP contribution in [0.3, 0.4) is 0 Å². The van der Waals surface area contributed by atoms with Crippen molar-refractivity contribution in [3.05, 3.63) is 23.3 Å². The Morgan fingerprint density at radius 3 is 0.870 bits per heavy atom. The van der Waals surface area contributed by atoms with Gasteiger partial charge in [0.2, 0.25) is 0 Å². The van der Waals surface area contributed by atoms with E-state index in [0.29, 0.717) is 0 Å². The van der Waals surface area contributed by atoms with Crippen molar-refractivity contribution in [3.63, 3.8) is 0 Å². The first-order valence-corrected chi connectivity index (χ1v) is 41.9. The normalized spacial score (nSPS) is 12.0. The van der Waals surface area contributed by atoms with Gasteiger partial charge in [0.1, 0.15) is 0 Å². The summed E-state index contributed by atoms with van der Waals surface area (Å²) in [6.07, 6.45) is 34.0. The van der Waals surface area contributed by atoms with E-state index >= 15 is 0 Å². The summed E-state index contributed by atoms with van der Waals surface area (Å²) in [5, 5.41) is 0. The van der Waals surface area contributed by atoms with Gasteiger partial charge in [-0.05, 0) is 0 Å². The van der Waals surface area contributed by atoms with Crippen LogP contribution in [0.1, 0.15) is 180 Å². The van der Waals surface area contributed by atoms with E-state index in [1.807, 2.05) is 5.79 Å². The van der Waals surface area contributed by atoms with Crippen LogP contribution in [0.5, 0.6) is 0 Å². The van der Waals surface area contributed by atoms with Crippen LogP contribution in [0, 0.1) is 0 Å². The zero-order valence-electron chi connectivity index (χ0n) is 32.9. The van der Waals surface area contributed by atoms with Gasteiger partial charge in [0.25, 0.3) is 0 Å². The monoisotopic (exact) mass is 888 g/mol. The molecule has 0 unspecified atom stereocenters. The molecule has 2 rings (SSSR count). The van der Waals surface area contributed by atoms with E-state index in [1.54, 1.807) is 20.9 Å². The van der Waals surface area contributed by atoms with Gasteiger partial charge in [0, 0.05) is 0 Å². The Morgan fingerprint density at radius 2 is 0.630 bits per heavy atom. The number of hydrogen-bond acceptors (Lipinski definition) is 2. The Hall–Kier alpha value is 0.997. The predicted octanol–water partition coefficient (Wildman–Crippen LogP) is 15.3. The summed E-state index contributed by atoms with van der Waals surface area (Å²) >= 11 is 0.109. The summed E-state index contributed by atoms with van der Waals surface area (Å²) in [4.78, 5) is 19.0. The predicted molar refractivity (Wildman–Crippen MR) is 225 cm³/mol. The Balaban J connectivity index is 0.00000338. The molecule has 0 aliphatic carbocycles. The molecule has 0 fully saturated rings. The Labute approximate surface area is 306 Å². The molecular formula is C42H80S2Sn2. The molecule has 4 heteroatoms. The van der Waals surface area contributed by atoms with Gasteiger partial charge in [-0.2, -0.15) is 0 Å². The van der Waals surface area contributed by atoms with Gasteiger partial charge in [-0.15, -0.1) is 0 Å². The van der Waals surface area contributed by atoms with Gasteiger partial charge in [0.15, 0.2) is 0 Å². The first kappa shape index (κ1) is 45.0. The fourth-order valence-electron chi connectivity index (χ4n) is 6.52. The van der Waals surface area contributed by atoms with E-state index in [0.717, 1.165) is 0 Å². The molecule has 0 amide bonds.